The molecule has 2 atom stereocenters. The van der Waals surface area contributed by atoms with Crippen LogP contribution in [0.5, 0.6) is 0 Å². The number of amides is 1. The highest BCUT2D eigenvalue weighted by atomic mass is 79.9. The lowest BCUT2D eigenvalue weighted by Crippen LogP contribution is -2.35. The standard InChI is InChI=1S/C11H15BrN2O2S.ClH/c12-10-2-1-8(17-10)3-11(16)14-5-7-4-13-6-9(7)15;/h1-2,7,9,13,15H,3-6H2,(H,14,16);1H. The maximum absolute atomic E-state index is 11.7. The zero-order valence-electron chi connectivity index (χ0n) is 9.69. The Bertz CT molecular complexity index is 402. The molecule has 3 N–H and O–H groups in total. The Hall–Kier alpha value is -0.140. The Kier molecular flexibility index (Phi) is 6.59. The molecule has 2 unspecified atom stereocenters. The summed E-state index contributed by atoms with van der Waals surface area (Å²) in [5.41, 5.74) is 0. The van der Waals surface area contributed by atoms with Crippen molar-refractivity contribution >= 4 is 45.6 Å². The molecule has 2 rings (SSSR count). The molecule has 18 heavy (non-hydrogen) atoms. The first-order valence-electron chi connectivity index (χ1n) is 5.55. The van der Waals surface area contributed by atoms with Crippen LogP contribution in [0.25, 0.3) is 0 Å². The molecule has 0 aromatic carbocycles. The van der Waals surface area contributed by atoms with Gasteiger partial charge in [-0.3, -0.25) is 4.79 Å². The van der Waals surface area contributed by atoms with Gasteiger partial charge in [-0.1, -0.05) is 0 Å². The van der Waals surface area contributed by atoms with E-state index in [1.807, 2.05) is 12.1 Å². The van der Waals surface area contributed by atoms with Crippen LogP contribution >= 0.6 is 39.7 Å². The van der Waals surface area contributed by atoms with Crippen LogP contribution in [-0.4, -0.2) is 36.8 Å². The third-order valence-electron chi connectivity index (χ3n) is 2.83. The lowest BCUT2D eigenvalue weighted by atomic mass is 10.1. The molecular weight excluding hydrogens is 340 g/mol. The van der Waals surface area contributed by atoms with E-state index in [1.54, 1.807) is 11.3 Å². The molecule has 0 radical (unpaired) electrons. The van der Waals surface area contributed by atoms with Crippen molar-refractivity contribution in [2.24, 2.45) is 5.92 Å². The Morgan fingerprint density at radius 3 is 2.89 bits per heavy atom. The molecule has 0 saturated carbocycles. The number of carbonyl (C=O) groups excluding carboxylic acids is 1. The SMILES string of the molecule is Cl.O=C(Cc1ccc(Br)s1)NCC1CNCC1O. The third-order valence-corrected chi connectivity index (χ3v) is 4.45. The van der Waals surface area contributed by atoms with Crippen LogP contribution in [0.2, 0.25) is 0 Å². The van der Waals surface area contributed by atoms with E-state index < -0.39 is 0 Å². The highest BCUT2D eigenvalue weighted by molar-refractivity contribution is 9.11. The zero-order valence-corrected chi connectivity index (χ0v) is 12.9. The second kappa shape index (κ2) is 7.45. The van der Waals surface area contributed by atoms with Gasteiger partial charge >= 0.3 is 0 Å². The van der Waals surface area contributed by atoms with Crippen LogP contribution < -0.4 is 10.6 Å². The highest BCUT2D eigenvalue weighted by Gasteiger charge is 2.24. The van der Waals surface area contributed by atoms with Gasteiger partial charge in [0.1, 0.15) is 0 Å². The van der Waals surface area contributed by atoms with Crippen molar-refractivity contribution in [1.29, 1.82) is 0 Å². The van der Waals surface area contributed by atoms with Gasteiger partial charge in [-0.05, 0) is 28.1 Å². The van der Waals surface area contributed by atoms with Gasteiger partial charge in [-0.25, -0.2) is 0 Å². The van der Waals surface area contributed by atoms with Gasteiger partial charge in [0.15, 0.2) is 0 Å². The van der Waals surface area contributed by atoms with Crippen LogP contribution in [-0.2, 0) is 11.2 Å². The molecule has 0 aliphatic carbocycles. The average molecular weight is 356 g/mol. The fourth-order valence-electron chi connectivity index (χ4n) is 1.84. The molecule has 1 aromatic rings. The summed E-state index contributed by atoms with van der Waals surface area (Å²) in [5.74, 6) is 0.146. The number of carbonyl (C=O) groups is 1. The largest absolute Gasteiger partial charge is 0.391 e. The fraction of sp³-hybridized carbons (Fsp3) is 0.545. The summed E-state index contributed by atoms with van der Waals surface area (Å²) in [4.78, 5) is 12.7. The number of halogens is 2. The molecule has 0 bridgehead atoms. The first kappa shape index (κ1) is 15.9. The van der Waals surface area contributed by atoms with Crippen molar-refractivity contribution < 1.29 is 9.90 Å². The first-order valence-corrected chi connectivity index (χ1v) is 7.16. The van der Waals surface area contributed by atoms with Crippen LogP contribution in [0, 0.1) is 5.92 Å². The van der Waals surface area contributed by atoms with Gasteiger partial charge in [0.25, 0.3) is 0 Å². The Balaban J connectivity index is 0.00000162. The molecule has 1 aromatic heterocycles. The van der Waals surface area contributed by atoms with Crippen LogP contribution in [0.3, 0.4) is 0 Å². The minimum absolute atomic E-state index is 0. The minimum atomic E-state index is -0.341. The molecule has 4 nitrogen and oxygen atoms in total. The number of hydrogen-bond acceptors (Lipinski definition) is 4. The second-order valence-electron chi connectivity index (χ2n) is 4.17. The predicted octanol–water partition coefficient (Wildman–Crippen LogP) is 1.17. The molecule has 2 heterocycles. The number of β-amino-alcohol motifs (C(OH)–C–C–N with tert-alkyl or cyclic N) is 1. The lowest BCUT2D eigenvalue weighted by molar-refractivity contribution is -0.120. The Morgan fingerprint density at radius 2 is 2.33 bits per heavy atom. The van der Waals surface area contributed by atoms with E-state index in [0.29, 0.717) is 19.5 Å². The number of rotatable bonds is 4. The highest BCUT2D eigenvalue weighted by Crippen LogP contribution is 2.22. The number of thiophene rings is 1. The van der Waals surface area contributed by atoms with Crippen molar-refractivity contribution in [1.82, 2.24) is 10.6 Å². The molecule has 1 aliphatic rings. The van der Waals surface area contributed by atoms with Crippen LogP contribution in [0.4, 0.5) is 0 Å². The summed E-state index contributed by atoms with van der Waals surface area (Å²) >= 11 is 4.94. The topological polar surface area (TPSA) is 61.4 Å². The van der Waals surface area contributed by atoms with Gasteiger partial charge < -0.3 is 15.7 Å². The maximum atomic E-state index is 11.7. The molecular formula is C11H16BrClN2O2S. The van der Waals surface area contributed by atoms with Crippen LogP contribution in [0.1, 0.15) is 4.88 Å². The Labute approximate surface area is 125 Å². The number of aliphatic hydroxyl groups is 1. The van der Waals surface area contributed by atoms with Gasteiger partial charge in [-0.15, -0.1) is 23.7 Å². The summed E-state index contributed by atoms with van der Waals surface area (Å²) in [5, 5.41) is 15.5. The number of nitrogens with one attached hydrogen (secondary N) is 2. The van der Waals surface area contributed by atoms with Gasteiger partial charge in [-0.2, -0.15) is 0 Å². The van der Waals surface area contributed by atoms with Gasteiger partial charge in [0.2, 0.25) is 5.91 Å². The number of aliphatic hydroxyl groups excluding tert-OH is 1. The molecule has 0 spiro atoms. The van der Waals surface area contributed by atoms with Crippen molar-refractivity contribution in [2.45, 2.75) is 12.5 Å². The summed E-state index contributed by atoms with van der Waals surface area (Å²) in [7, 11) is 0. The number of hydrogen-bond donors (Lipinski definition) is 3. The molecule has 1 fully saturated rings. The smallest absolute Gasteiger partial charge is 0.225 e. The monoisotopic (exact) mass is 354 g/mol. The molecule has 7 heteroatoms. The second-order valence-corrected chi connectivity index (χ2v) is 6.72. The summed E-state index contributed by atoms with van der Waals surface area (Å²) in [6, 6.07) is 3.89. The fourth-order valence-corrected chi connectivity index (χ4v) is 3.32. The maximum Gasteiger partial charge on any atom is 0.225 e. The third kappa shape index (κ3) is 4.51. The van der Waals surface area contributed by atoms with Crippen molar-refractivity contribution in [3.63, 3.8) is 0 Å². The molecule has 102 valence electrons. The van der Waals surface area contributed by atoms with E-state index in [2.05, 4.69) is 26.6 Å². The van der Waals surface area contributed by atoms with E-state index in [9.17, 15) is 9.90 Å². The van der Waals surface area contributed by atoms with Crippen LogP contribution in [0.15, 0.2) is 15.9 Å². The summed E-state index contributed by atoms with van der Waals surface area (Å²) in [6.45, 7) is 1.93. The van der Waals surface area contributed by atoms with Gasteiger partial charge in [0.05, 0.1) is 16.3 Å². The normalized spacial score (nSPS) is 22.6. The lowest BCUT2D eigenvalue weighted by Gasteiger charge is -2.13. The zero-order chi connectivity index (χ0) is 12.3. The van der Waals surface area contributed by atoms with Crippen molar-refractivity contribution in [3.8, 4) is 0 Å². The molecule has 1 amide bonds. The molecule has 1 saturated heterocycles. The van der Waals surface area contributed by atoms with Gasteiger partial charge in [0, 0.05) is 30.4 Å². The van der Waals surface area contributed by atoms with E-state index in [1.165, 1.54) is 0 Å². The minimum Gasteiger partial charge on any atom is -0.391 e. The van der Waals surface area contributed by atoms with E-state index >= 15 is 0 Å². The van der Waals surface area contributed by atoms with E-state index in [0.717, 1.165) is 15.2 Å². The van der Waals surface area contributed by atoms with E-state index in [4.69, 9.17) is 0 Å². The first-order chi connectivity index (χ1) is 8.15. The predicted molar refractivity (Wildman–Crippen MR) is 78.3 cm³/mol. The Morgan fingerprint density at radius 1 is 1.56 bits per heavy atom. The molecule has 1 aliphatic heterocycles. The average Bonchev–Trinajstić information content (AvgIpc) is 2.85. The quantitative estimate of drug-likeness (QED) is 0.760. The summed E-state index contributed by atoms with van der Waals surface area (Å²) in [6.07, 6.45) is 0.0677. The van der Waals surface area contributed by atoms with E-state index in [-0.39, 0.29) is 30.3 Å². The van der Waals surface area contributed by atoms with Crippen molar-refractivity contribution in [3.05, 3.63) is 20.8 Å². The van der Waals surface area contributed by atoms with Crippen molar-refractivity contribution in [2.75, 3.05) is 19.6 Å². The summed E-state index contributed by atoms with van der Waals surface area (Å²) < 4.78 is 1.04.